The van der Waals surface area contributed by atoms with Crippen LogP contribution < -0.4 is 0 Å². The molecule has 0 amide bonds. The van der Waals surface area contributed by atoms with Crippen LogP contribution >= 0.6 is 31.9 Å². The minimum Gasteiger partial charge on any atom is -0.371 e. The molecule has 0 spiro atoms. The van der Waals surface area contributed by atoms with Crippen LogP contribution in [0.5, 0.6) is 0 Å². The summed E-state index contributed by atoms with van der Waals surface area (Å²) in [6.07, 6.45) is 13.8. The Morgan fingerprint density at radius 1 is 1.16 bits per heavy atom. The SMILES string of the molecule is C#CC=CCC1OC(C2CC(Br)C(CC)O2)CC1Br. The van der Waals surface area contributed by atoms with Gasteiger partial charge >= 0.3 is 0 Å². The molecule has 2 heterocycles. The van der Waals surface area contributed by atoms with Gasteiger partial charge in [-0.05, 0) is 31.8 Å². The molecule has 106 valence electrons. The third kappa shape index (κ3) is 3.85. The van der Waals surface area contributed by atoms with Crippen molar-refractivity contribution in [3.8, 4) is 12.3 Å². The van der Waals surface area contributed by atoms with Crippen LogP contribution in [0.1, 0.15) is 32.6 Å². The van der Waals surface area contributed by atoms with E-state index in [1.165, 1.54) is 0 Å². The van der Waals surface area contributed by atoms with E-state index in [4.69, 9.17) is 15.9 Å². The number of halogens is 2. The molecule has 0 aromatic carbocycles. The number of hydrogen-bond acceptors (Lipinski definition) is 2. The molecule has 6 atom stereocenters. The van der Waals surface area contributed by atoms with E-state index in [1.54, 1.807) is 6.08 Å². The van der Waals surface area contributed by atoms with E-state index in [1.807, 2.05) is 6.08 Å². The number of allylic oxidation sites excluding steroid dienone is 1. The van der Waals surface area contributed by atoms with Crippen LogP contribution in [-0.4, -0.2) is 34.1 Å². The quantitative estimate of drug-likeness (QED) is 0.535. The summed E-state index contributed by atoms with van der Waals surface area (Å²) in [4.78, 5) is 0.846. The van der Waals surface area contributed by atoms with E-state index in [2.05, 4.69) is 44.7 Å². The maximum absolute atomic E-state index is 6.13. The van der Waals surface area contributed by atoms with Crippen molar-refractivity contribution in [2.75, 3.05) is 0 Å². The Bertz CT molecular complexity index is 364. The highest BCUT2D eigenvalue weighted by Gasteiger charge is 2.43. The number of rotatable bonds is 4. The maximum Gasteiger partial charge on any atom is 0.0853 e. The largest absolute Gasteiger partial charge is 0.371 e. The van der Waals surface area contributed by atoms with Crippen molar-refractivity contribution in [1.29, 1.82) is 0 Å². The molecule has 2 aliphatic heterocycles. The van der Waals surface area contributed by atoms with Gasteiger partial charge in [0.2, 0.25) is 0 Å². The summed E-state index contributed by atoms with van der Waals surface area (Å²) in [5.41, 5.74) is 0. The van der Waals surface area contributed by atoms with Gasteiger partial charge in [0, 0.05) is 9.65 Å². The van der Waals surface area contributed by atoms with Crippen LogP contribution in [0.2, 0.25) is 0 Å². The molecule has 0 aliphatic carbocycles. The fraction of sp³-hybridized carbons (Fsp3) is 0.733. The van der Waals surface area contributed by atoms with Crippen molar-refractivity contribution >= 4 is 31.9 Å². The van der Waals surface area contributed by atoms with Crippen molar-refractivity contribution in [3.05, 3.63) is 12.2 Å². The van der Waals surface area contributed by atoms with Gasteiger partial charge in [-0.3, -0.25) is 0 Å². The molecule has 2 aliphatic rings. The molecule has 2 saturated heterocycles. The molecular formula is C15H20Br2O2. The van der Waals surface area contributed by atoms with E-state index in [9.17, 15) is 0 Å². The van der Waals surface area contributed by atoms with Gasteiger partial charge in [0.1, 0.15) is 0 Å². The monoisotopic (exact) mass is 390 g/mol. The standard InChI is InChI=1S/C15H20Br2O2/c1-3-5-6-7-13-11(17)9-15(19-13)14-8-10(16)12(4-2)18-14/h1,5-6,10-15H,4,7-9H2,2H3. The average molecular weight is 392 g/mol. The topological polar surface area (TPSA) is 18.5 Å². The lowest BCUT2D eigenvalue weighted by molar-refractivity contribution is -0.0640. The normalized spacial score (nSPS) is 42.8. The minimum atomic E-state index is 0.199. The number of ether oxygens (including phenoxy) is 2. The predicted octanol–water partition coefficient (Wildman–Crippen LogP) is 3.82. The lowest BCUT2D eigenvalue weighted by Crippen LogP contribution is -2.26. The fourth-order valence-corrected chi connectivity index (χ4v) is 4.36. The van der Waals surface area contributed by atoms with E-state index >= 15 is 0 Å². The average Bonchev–Trinajstić information content (AvgIpc) is 2.93. The molecule has 2 nitrogen and oxygen atoms in total. The first-order valence-corrected chi connectivity index (χ1v) is 8.69. The molecule has 0 aromatic rings. The van der Waals surface area contributed by atoms with Crippen molar-refractivity contribution in [2.24, 2.45) is 0 Å². The summed E-state index contributed by atoms with van der Waals surface area (Å²) in [6.45, 7) is 2.16. The summed E-state index contributed by atoms with van der Waals surface area (Å²) in [5, 5.41) is 0. The van der Waals surface area contributed by atoms with Crippen LogP contribution in [0.25, 0.3) is 0 Å². The van der Waals surface area contributed by atoms with Gasteiger partial charge in [0.25, 0.3) is 0 Å². The first-order valence-electron chi connectivity index (χ1n) is 6.85. The second-order valence-electron chi connectivity index (χ2n) is 5.14. The summed E-state index contributed by atoms with van der Waals surface area (Å²) in [5.74, 6) is 2.51. The highest BCUT2D eigenvalue weighted by molar-refractivity contribution is 9.09. The zero-order valence-electron chi connectivity index (χ0n) is 11.1. The Labute approximate surface area is 132 Å². The zero-order valence-corrected chi connectivity index (χ0v) is 14.3. The first kappa shape index (κ1) is 15.6. The van der Waals surface area contributed by atoms with E-state index in [0.29, 0.717) is 15.8 Å². The smallest absolute Gasteiger partial charge is 0.0853 e. The third-order valence-electron chi connectivity index (χ3n) is 3.82. The second kappa shape index (κ2) is 7.26. The van der Waals surface area contributed by atoms with Gasteiger partial charge in [-0.1, -0.05) is 50.8 Å². The van der Waals surface area contributed by atoms with Crippen molar-refractivity contribution in [3.63, 3.8) is 0 Å². The third-order valence-corrected chi connectivity index (χ3v) is 5.75. The van der Waals surface area contributed by atoms with E-state index < -0.39 is 0 Å². The Balaban J connectivity index is 1.87. The molecular weight excluding hydrogens is 372 g/mol. The van der Waals surface area contributed by atoms with Gasteiger partial charge < -0.3 is 9.47 Å². The maximum atomic E-state index is 6.13. The molecule has 2 rings (SSSR count). The highest BCUT2D eigenvalue weighted by atomic mass is 79.9. The van der Waals surface area contributed by atoms with Crippen molar-refractivity contribution in [1.82, 2.24) is 0 Å². The zero-order chi connectivity index (χ0) is 13.8. The lowest BCUT2D eigenvalue weighted by Gasteiger charge is -2.19. The minimum absolute atomic E-state index is 0.199. The number of hydrogen-bond donors (Lipinski definition) is 0. The molecule has 0 N–H and O–H groups in total. The van der Waals surface area contributed by atoms with Crippen LogP contribution in [0.3, 0.4) is 0 Å². The predicted molar refractivity (Wildman–Crippen MR) is 84.9 cm³/mol. The van der Waals surface area contributed by atoms with Gasteiger partial charge in [-0.2, -0.15) is 0 Å². The molecule has 0 saturated carbocycles. The van der Waals surface area contributed by atoms with E-state index in [-0.39, 0.29) is 18.3 Å². The molecule has 0 radical (unpaired) electrons. The molecule has 0 bridgehead atoms. The summed E-state index contributed by atoms with van der Waals surface area (Å²) < 4.78 is 12.2. The highest BCUT2D eigenvalue weighted by Crippen LogP contribution is 2.38. The summed E-state index contributed by atoms with van der Waals surface area (Å²) in [6, 6.07) is 0. The molecule has 0 aromatic heterocycles. The molecule has 19 heavy (non-hydrogen) atoms. The molecule has 2 fully saturated rings. The van der Waals surface area contributed by atoms with Crippen LogP contribution in [0, 0.1) is 12.3 Å². The first-order chi connectivity index (χ1) is 9.15. The Morgan fingerprint density at radius 3 is 2.26 bits per heavy atom. The molecule has 4 heteroatoms. The van der Waals surface area contributed by atoms with Crippen LogP contribution in [0.4, 0.5) is 0 Å². The molecule has 6 unspecified atom stereocenters. The van der Waals surface area contributed by atoms with Gasteiger partial charge in [0.05, 0.1) is 24.4 Å². The Hall–Kier alpha value is 0.180. The summed E-state index contributed by atoms with van der Waals surface area (Å²) >= 11 is 7.42. The number of alkyl halides is 2. The fourth-order valence-electron chi connectivity index (χ4n) is 2.78. The van der Waals surface area contributed by atoms with Gasteiger partial charge in [-0.25, -0.2) is 0 Å². The van der Waals surface area contributed by atoms with Crippen LogP contribution in [-0.2, 0) is 9.47 Å². The summed E-state index contributed by atoms with van der Waals surface area (Å²) in [7, 11) is 0. The number of terminal acetylenes is 1. The lowest BCUT2D eigenvalue weighted by atomic mass is 10.1. The van der Waals surface area contributed by atoms with Crippen molar-refractivity contribution in [2.45, 2.75) is 66.7 Å². The van der Waals surface area contributed by atoms with E-state index in [0.717, 1.165) is 25.7 Å². The second-order valence-corrected chi connectivity index (χ2v) is 7.49. The van der Waals surface area contributed by atoms with Crippen LogP contribution in [0.15, 0.2) is 12.2 Å². The Kier molecular flexibility index (Phi) is 5.95. The Morgan fingerprint density at radius 2 is 1.74 bits per heavy atom. The van der Waals surface area contributed by atoms with Crippen molar-refractivity contribution < 1.29 is 9.47 Å². The van der Waals surface area contributed by atoms with Gasteiger partial charge in [0.15, 0.2) is 0 Å². The van der Waals surface area contributed by atoms with Gasteiger partial charge in [-0.15, -0.1) is 6.42 Å².